The summed E-state index contributed by atoms with van der Waals surface area (Å²) in [5.74, 6) is -1.80. The lowest BCUT2D eigenvalue weighted by atomic mass is 9.87. The lowest BCUT2D eigenvalue weighted by Gasteiger charge is -2.34. The number of rotatable bonds is 2. The molecule has 2 aliphatic rings. The van der Waals surface area contributed by atoms with Crippen LogP contribution < -0.4 is 0 Å². The predicted molar refractivity (Wildman–Crippen MR) is 58.0 cm³/mol. The van der Waals surface area contributed by atoms with Gasteiger partial charge in [-0.05, 0) is 19.9 Å². The van der Waals surface area contributed by atoms with Crippen molar-refractivity contribution in [2.45, 2.75) is 19.4 Å². The number of hydrogen-bond donors (Lipinski definition) is 1. The number of carbonyl (C=O) groups is 3. The van der Waals surface area contributed by atoms with Crippen LogP contribution in [0, 0.1) is 11.8 Å². The molecule has 2 amide bonds. The summed E-state index contributed by atoms with van der Waals surface area (Å²) >= 11 is 0. The Hall–Kier alpha value is -1.43. The van der Waals surface area contributed by atoms with E-state index in [9.17, 15) is 14.4 Å². The van der Waals surface area contributed by atoms with E-state index in [1.807, 2.05) is 0 Å². The van der Waals surface area contributed by atoms with Gasteiger partial charge in [-0.25, -0.2) is 0 Å². The Kier molecular flexibility index (Phi) is 2.91. The van der Waals surface area contributed by atoms with Crippen molar-refractivity contribution < 1.29 is 19.5 Å². The second-order valence-corrected chi connectivity index (χ2v) is 4.75. The molecular formula is C11H16N2O4. The first-order valence-corrected chi connectivity index (χ1v) is 5.71. The third-order valence-electron chi connectivity index (χ3n) is 3.84. The first kappa shape index (κ1) is 12.0. The molecule has 2 saturated heterocycles. The van der Waals surface area contributed by atoms with Crippen LogP contribution in [0.3, 0.4) is 0 Å². The molecule has 0 bridgehead atoms. The second-order valence-electron chi connectivity index (χ2n) is 4.75. The molecule has 0 radical (unpaired) electrons. The van der Waals surface area contributed by atoms with E-state index < -0.39 is 12.0 Å². The molecule has 94 valence electrons. The highest BCUT2D eigenvalue weighted by atomic mass is 16.4. The van der Waals surface area contributed by atoms with Crippen LogP contribution in [0.15, 0.2) is 0 Å². The maximum atomic E-state index is 11.8. The van der Waals surface area contributed by atoms with Gasteiger partial charge in [0, 0.05) is 13.6 Å². The number of nitrogens with zero attached hydrogens (tertiary/aromatic N) is 2. The number of carboxylic acid groups (broad SMARTS) is 1. The number of imide groups is 1. The molecule has 2 heterocycles. The van der Waals surface area contributed by atoms with Gasteiger partial charge in [0.1, 0.15) is 6.04 Å². The summed E-state index contributed by atoms with van der Waals surface area (Å²) in [6, 6.07) is -0.607. The van der Waals surface area contributed by atoms with Gasteiger partial charge in [-0.2, -0.15) is 0 Å². The van der Waals surface area contributed by atoms with Crippen molar-refractivity contribution >= 4 is 17.8 Å². The zero-order chi connectivity index (χ0) is 12.7. The Balaban J connectivity index is 2.12. The largest absolute Gasteiger partial charge is 0.480 e. The van der Waals surface area contributed by atoms with Crippen LogP contribution in [0.5, 0.6) is 0 Å². The summed E-state index contributed by atoms with van der Waals surface area (Å²) in [5, 5.41) is 8.94. The van der Waals surface area contributed by atoms with E-state index in [1.54, 1.807) is 11.8 Å². The Morgan fingerprint density at radius 2 is 1.94 bits per heavy atom. The van der Waals surface area contributed by atoms with Crippen molar-refractivity contribution in [3.63, 3.8) is 0 Å². The molecule has 0 aromatic carbocycles. The third kappa shape index (κ3) is 1.82. The number of piperidine rings is 1. The van der Waals surface area contributed by atoms with Crippen molar-refractivity contribution in [1.29, 1.82) is 0 Å². The molecule has 0 aliphatic carbocycles. The quantitative estimate of drug-likeness (QED) is 0.652. The van der Waals surface area contributed by atoms with Gasteiger partial charge < -0.3 is 5.11 Å². The zero-order valence-corrected chi connectivity index (χ0v) is 9.92. The minimum Gasteiger partial charge on any atom is -0.480 e. The maximum absolute atomic E-state index is 11.8. The Labute approximate surface area is 99.2 Å². The minimum atomic E-state index is -0.895. The van der Waals surface area contributed by atoms with E-state index in [1.165, 1.54) is 11.9 Å². The number of hydrogen-bond acceptors (Lipinski definition) is 4. The number of likely N-dealkylation sites (tertiary alicyclic amines) is 2. The summed E-state index contributed by atoms with van der Waals surface area (Å²) in [7, 11) is 1.49. The highest BCUT2D eigenvalue weighted by Crippen LogP contribution is 2.33. The molecule has 17 heavy (non-hydrogen) atoms. The van der Waals surface area contributed by atoms with Gasteiger partial charge >= 0.3 is 5.97 Å². The Morgan fingerprint density at radius 3 is 2.53 bits per heavy atom. The predicted octanol–water partition coefficient (Wildman–Crippen LogP) is -0.604. The number of aliphatic carboxylic acids is 1. The highest BCUT2D eigenvalue weighted by Gasteiger charge is 2.49. The van der Waals surface area contributed by atoms with Crippen LogP contribution in [0.2, 0.25) is 0 Å². The molecule has 0 saturated carbocycles. The van der Waals surface area contributed by atoms with Crippen LogP contribution >= 0.6 is 0 Å². The lowest BCUT2D eigenvalue weighted by Crippen LogP contribution is -2.48. The Bertz CT molecular complexity index is 382. The topological polar surface area (TPSA) is 77.9 Å². The van der Waals surface area contributed by atoms with Gasteiger partial charge in [0.2, 0.25) is 11.8 Å². The number of carbonyl (C=O) groups excluding carboxylic acids is 2. The Morgan fingerprint density at radius 1 is 1.35 bits per heavy atom. The average molecular weight is 240 g/mol. The van der Waals surface area contributed by atoms with Gasteiger partial charge in [-0.15, -0.1) is 0 Å². The van der Waals surface area contributed by atoms with Crippen molar-refractivity contribution in [3.8, 4) is 0 Å². The molecule has 2 fully saturated rings. The minimum absolute atomic E-state index is 0.123. The normalized spacial score (nSPS) is 31.5. The van der Waals surface area contributed by atoms with Crippen molar-refractivity contribution in [2.24, 2.45) is 11.8 Å². The standard InChI is InChI=1S/C11H16N2O4/c1-6(11(16)17)13-4-3-7-8(5-13)10(15)12(2)9(7)14/h6-8H,3-5H2,1-2H3,(H,16,17)/t6-,7-,8+/m1/s1. The molecule has 2 rings (SSSR count). The molecule has 0 aromatic rings. The summed E-state index contributed by atoms with van der Waals surface area (Å²) in [6.07, 6.45) is 0.567. The zero-order valence-electron chi connectivity index (χ0n) is 9.92. The van der Waals surface area contributed by atoms with Crippen molar-refractivity contribution in [2.75, 3.05) is 20.1 Å². The second kappa shape index (κ2) is 4.10. The van der Waals surface area contributed by atoms with Gasteiger partial charge in [-0.1, -0.05) is 0 Å². The molecule has 1 N–H and O–H groups in total. The lowest BCUT2D eigenvalue weighted by molar-refractivity contribution is -0.144. The smallest absolute Gasteiger partial charge is 0.320 e. The molecule has 6 nitrogen and oxygen atoms in total. The molecule has 2 aliphatic heterocycles. The number of carboxylic acids is 1. The summed E-state index contributed by atoms with van der Waals surface area (Å²) in [6.45, 7) is 2.53. The summed E-state index contributed by atoms with van der Waals surface area (Å²) in [5.41, 5.74) is 0. The van der Waals surface area contributed by atoms with Crippen LogP contribution in [-0.4, -0.2) is 58.9 Å². The van der Waals surface area contributed by atoms with Crippen LogP contribution in [0.1, 0.15) is 13.3 Å². The van der Waals surface area contributed by atoms with E-state index in [0.29, 0.717) is 19.5 Å². The van der Waals surface area contributed by atoms with Gasteiger partial charge in [0.05, 0.1) is 11.8 Å². The van der Waals surface area contributed by atoms with Gasteiger partial charge in [0.15, 0.2) is 0 Å². The molecule has 0 aromatic heterocycles. The summed E-state index contributed by atoms with van der Waals surface area (Å²) in [4.78, 5) is 37.4. The number of amides is 2. The molecule has 3 atom stereocenters. The average Bonchev–Trinajstić information content (AvgIpc) is 2.53. The van der Waals surface area contributed by atoms with E-state index >= 15 is 0 Å². The van der Waals surface area contributed by atoms with E-state index in [4.69, 9.17) is 5.11 Å². The van der Waals surface area contributed by atoms with Crippen LogP contribution in [0.25, 0.3) is 0 Å². The first-order chi connectivity index (χ1) is 7.93. The van der Waals surface area contributed by atoms with Gasteiger partial charge in [0.25, 0.3) is 0 Å². The number of fused-ring (bicyclic) bond motifs is 1. The summed E-state index contributed by atoms with van der Waals surface area (Å²) < 4.78 is 0. The highest BCUT2D eigenvalue weighted by molar-refractivity contribution is 6.05. The molecular weight excluding hydrogens is 224 g/mol. The monoisotopic (exact) mass is 240 g/mol. The fourth-order valence-corrected chi connectivity index (χ4v) is 2.64. The first-order valence-electron chi connectivity index (χ1n) is 5.71. The van der Waals surface area contributed by atoms with Crippen LogP contribution in [0.4, 0.5) is 0 Å². The van der Waals surface area contributed by atoms with Crippen molar-refractivity contribution in [1.82, 2.24) is 9.80 Å². The maximum Gasteiger partial charge on any atom is 0.320 e. The van der Waals surface area contributed by atoms with E-state index in [0.717, 1.165) is 0 Å². The molecule has 6 heteroatoms. The van der Waals surface area contributed by atoms with E-state index in [-0.39, 0.29) is 23.7 Å². The third-order valence-corrected chi connectivity index (χ3v) is 3.84. The van der Waals surface area contributed by atoms with Crippen molar-refractivity contribution in [3.05, 3.63) is 0 Å². The van der Waals surface area contributed by atoms with Crippen LogP contribution in [-0.2, 0) is 14.4 Å². The SMILES string of the molecule is C[C@H](C(=O)O)N1CC[C@H]2C(=O)N(C)C(=O)[C@H]2C1. The molecule has 0 spiro atoms. The fraction of sp³-hybridized carbons (Fsp3) is 0.727. The van der Waals surface area contributed by atoms with E-state index in [2.05, 4.69) is 0 Å². The fourth-order valence-electron chi connectivity index (χ4n) is 2.64. The van der Waals surface area contributed by atoms with Gasteiger partial charge in [-0.3, -0.25) is 24.2 Å². The molecule has 0 unspecified atom stereocenters.